The van der Waals surface area contributed by atoms with Crippen LogP contribution >= 0.6 is 23.2 Å². The average molecular weight is 285 g/mol. The van der Waals surface area contributed by atoms with Crippen LogP contribution in [0.3, 0.4) is 0 Å². The molecule has 0 saturated heterocycles. The highest BCUT2D eigenvalue weighted by molar-refractivity contribution is 6.42. The van der Waals surface area contributed by atoms with E-state index in [1.54, 1.807) is 12.3 Å². The van der Waals surface area contributed by atoms with Crippen LogP contribution in [-0.4, -0.2) is 23.2 Å². The highest BCUT2D eigenvalue weighted by Gasteiger charge is 2.22. The van der Waals surface area contributed by atoms with E-state index >= 15 is 0 Å². The fourth-order valence-corrected chi connectivity index (χ4v) is 2.37. The number of carbonyl (C=O) groups is 1. The third-order valence-corrected chi connectivity index (χ3v) is 3.72. The van der Waals surface area contributed by atoms with Gasteiger partial charge in [0.15, 0.2) is 0 Å². The molecule has 3 nitrogen and oxygen atoms in total. The molecule has 1 aromatic carbocycles. The molecule has 18 heavy (non-hydrogen) atoms. The maximum Gasteiger partial charge on any atom is 0.242 e. The van der Waals surface area contributed by atoms with E-state index < -0.39 is 0 Å². The van der Waals surface area contributed by atoms with Crippen LogP contribution in [0, 0.1) is 0 Å². The molecule has 0 fully saturated rings. The van der Waals surface area contributed by atoms with Gasteiger partial charge in [-0.3, -0.25) is 4.79 Å². The molecule has 1 amide bonds. The first-order valence-electron chi connectivity index (χ1n) is 5.87. The quantitative estimate of drug-likeness (QED) is 0.777. The molecule has 1 aliphatic heterocycles. The monoisotopic (exact) mass is 284 g/mol. The van der Waals surface area contributed by atoms with E-state index in [0.717, 1.165) is 17.5 Å². The standard InChI is InChI=1S/C13H14Cl2N2O/c1-3-13(18)17-8(2)4-9-5-11(14)12(15)6-10(9)7-16-17/h5-8H,3-4H2,1-2H3. The zero-order valence-electron chi connectivity index (χ0n) is 10.3. The van der Waals surface area contributed by atoms with Gasteiger partial charge in [-0.05, 0) is 36.6 Å². The van der Waals surface area contributed by atoms with E-state index in [2.05, 4.69) is 5.10 Å². The summed E-state index contributed by atoms with van der Waals surface area (Å²) in [5.41, 5.74) is 1.98. The highest BCUT2D eigenvalue weighted by Crippen LogP contribution is 2.28. The van der Waals surface area contributed by atoms with Crippen molar-refractivity contribution < 1.29 is 4.79 Å². The van der Waals surface area contributed by atoms with Gasteiger partial charge in [-0.1, -0.05) is 30.1 Å². The molecule has 1 aliphatic rings. The van der Waals surface area contributed by atoms with Crippen molar-refractivity contribution in [1.82, 2.24) is 5.01 Å². The Labute approximate surface area is 116 Å². The van der Waals surface area contributed by atoms with Crippen LogP contribution in [0.25, 0.3) is 0 Å². The molecule has 96 valence electrons. The average Bonchev–Trinajstić information content (AvgIpc) is 2.48. The maximum atomic E-state index is 11.8. The maximum absolute atomic E-state index is 11.8. The van der Waals surface area contributed by atoms with Crippen LogP contribution in [0.15, 0.2) is 17.2 Å². The molecular formula is C13H14Cl2N2O. The molecular weight excluding hydrogens is 271 g/mol. The van der Waals surface area contributed by atoms with Crippen molar-refractivity contribution in [3.8, 4) is 0 Å². The lowest BCUT2D eigenvalue weighted by Gasteiger charge is -2.22. The van der Waals surface area contributed by atoms with E-state index in [-0.39, 0.29) is 11.9 Å². The van der Waals surface area contributed by atoms with E-state index in [1.165, 1.54) is 5.01 Å². The van der Waals surface area contributed by atoms with Gasteiger partial charge in [0.1, 0.15) is 0 Å². The van der Waals surface area contributed by atoms with Crippen molar-refractivity contribution in [3.63, 3.8) is 0 Å². The van der Waals surface area contributed by atoms with Gasteiger partial charge >= 0.3 is 0 Å². The van der Waals surface area contributed by atoms with E-state index in [4.69, 9.17) is 23.2 Å². The van der Waals surface area contributed by atoms with Crippen LogP contribution in [-0.2, 0) is 11.2 Å². The first kappa shape index (κ1) is 13.4. The number of nitrogens with zero attached hydrogens (tertiary/aromatic N) is 2. The highest BCUT2D eigenvalue weighted by atomic mass is 35.5. The lowest BCUT2D eigenvalue weighted by Crippen LogP contribution is -2.34. The Kier molecular flexibility index (Phi) is 3.93. The van der Waals surface area contributed by atoms with Gasteiger partial charge in [0, 0.05) is 6.42 Å². The number of hydrogen-bond acceptors (Lipinski definition) is 2. The zero-order chi connectivity index (χ0) is 13.3. The smallest absolute Gasteiger partial charge is 0.242 e. The lowest BCUT2D eigenvalue weighted by molar-refractivity contribution is -0.132. The van der Waals surface area contributed by atoms with Gasteiger partial charge in [0.25, 0.3) is 0 Å². The molecule has 5 heteroatoms. The summed E-state index contributed by atoms with van der Waals surface area (Å²) >= 11 is 12.0. The first-order valence-corrected chi connectivity index (χ1v) is 6.62. The van der Waals surface area contributed by atoms with Gasteiger partial charge in [-0.25, -0.2) is 5.01 Å². The molecule has 2 rings (SSSR count). The van der Waals surface area contributed by atoms with Crippen LogP contribution < -0.4 is 0 Å². The fraction of sp³-hybridized carbons (Fsp3) is 0.385. The predicted molar refractivity (Wildman–Crippen MR) is 74.4 cm³/mol. The Bertz CT molecular complexity index is 514. The number of amides is 1. The number of carbonyl (C=O) groups excluding carboxylic acids is 1. The molecule has 1 heterocycles. The minimum atomic E-state index is 0.0174. The van der Waals surface area contributed by atoms with E-state index in [9.17, 15) is 4.79 Å². The molecule has 0 N–H and O–H groups in total. The van der Waals surface area contributed by atoms with Crippen LogP contribution in [0.1, 0.15) is 31.4 Å². The molecule has 1 aromatic rings. The van der Waals surface area contributed by atoms with Gasteiger partial charge in [-0.2, -0.15) is 5.10 Å². The van der Waals surface area contributed by atoms with Crippen LogP contribution in [0.5, 0.6) is 0 Å². The molecule has 0 aromatic heterocycles. The second-order valence-electron chi connectivity index (χ2n) is 4.35. The molecule has 0 spiro atoms. The summed E-state index contributed by atoms with van der Waals surface area (Å²) < 4.78 is 0. The Morgan fingerprint density at radius 1 is 1.44 bits per heavy atom. The summed E-state index contributed by atoms with van der Waals surface area (Å²) in [7, 11) is 0. The molecule has 0 bridgehead atoms. The largest absolute Gasteiger partial charge is 0.273 e. The van der Waals surface area contributed by atoms with Crippen molar-refractivity contribution >= 4 is 35.3 Å². The van der Waals surface area contributed by atoms with E-state index in [1.807, 2.05) is 19.9 Å². The summed E-state index contributed by atoms with van der Waals surface area (Å²) in [6.07, 6.45) is 2.84. The Morgan fingerprint density at radius 2 is 2.11 bits per heavy atom. The SMILES string of the molecule is CCC(=O)N1N=Cc2cc(Cl)c(Cl)cc2CC1C. The second kappa shape index (κ2) is 5.29. The normalized spacial score (nSPS) is 18.4. The number of fused-ring (bicyclic) bond motifs is 1. The predicted octanol–water partition coefficient (Wildman–Crippen LogP) is 3.51. The molecule has 0 aliphatic carbocycles. The molecule has 1 unspecified atom stereocenters. The van der Waals surface area contributed by atoms with Crippen molar-refractivity contribution in [2.75, 3.05) is 0 Å². The van der Waals surface area contributed by atoms with Crippen molar-refractivity contribution in [2.45, 2.75) is 32.7 Å². The molecule has 0 radical (unpaired) electrons. The summed E-state index contributed by atoms with van der Waals surface area (Å²) in [5, 5.41) is 6.81. The van der Waals surface area contributed by atoms with Crippen LogP contribution in [0.2, 0.25) is 10.0 Å². The van der Waals surface area contributed by atoms with Gasteiger partial charge < -0.3 is 0 Å². The second-order valence-corrected chi connectivity index (χ2v) is 5.17. The number of hydrazone groups is 1. The van der Waals surface area contributed by atoms with Gasteiger partial charge in [0.2, 0.25) is 5.91 Å². The molecule has 1 atom stereocenters. The Hall–Kier alpha value is -1.06. The third-order valence-electron chi connectivity index (χ3n) is 2.99. The van der Waals surface area contributed by atoms with E-state index in [0.29, 0.717) is 16.5 Å². The fourth-order valence-electron chi connectivity index (χ4n) is 2.02. The van der Waals surface area contributed by atoms with Gasteiger partial charge in [0.05, 0.1) is 22.3 Å². The van der Waals surface area contributed by atoms with Crippen molar-refractivity contribution in [3.05, 3.63) is 33.3 Å². The number of rotatable bonds is 1. The zero-order valence-corrected chi connectivity index (χ0v) is 11.8. The summed E-state index contributed by atoms with van der Waals surface area (Å²) in [4.78, 5) is 11.8. The number of benzene rings is 1. The molecule has 0 saturated carbocycles. The summed E-state index contributed by atoms with van der Waals surface area (Å²) in [5.74, 6) is 0.0174. The lowest BCUT2D eigenvalue weighted by atomic mass is 10.0. The van der Waals surface area contributed by atoms with Crippen molar-refractivity contribution in [2.24, 2.45) is 5.10 Å². The number of halogens is 2. The number of hydrogen-bond donors (Lipinski definition) is 0. The summed E-state index contributed by atoms with van der Waals surface area (Å²) in [6, 6.07) is 3.66. The first-order chi connectivity index (χ1) is 8.52. The van der Waals surface area contributed by atoms with Crippen LogP contribution in [0.4, 0.5) is 0 Å². The summed E-state index contributed by atoms with van der Waals surface area (Å²) in [6.45, 7) is 3.80. The van der Waals surface area contributed by atoms with Crippen molar-refractivity contribution in [1.29, 1.82) is 0 Å². The van der Waals surface area contributed by atoms with Gasteiger partial charge in [-0.15, -0.1) is 0 Å². The Balaban J connectivity index is 2.39. The Morgan fingerprint density at radius 3 is 2.78 bits per heavy atom. The topological polar surface area (TPSA) is 32.7 Å². The third kappa shape index (κ3) is 2.52. The minimum Gasteiger partial charge on any atom is -0.273 e. The minimum absolute atomic E-state index is 0.0174.